The molecule has 0 N–H and O–H groups in total. The molecule has 24 heavy (non-hydrogen) atoms. The highest BCUT2D eigenvalue weighted by molar-refractivity contribution is 6.09. The highest BCUT2D eigenvalue weighted by atomic mass is 15.0. The van der Waals surface area contributed by atoms with Crippen LogP contribution in [0.1, 0.15) is 31.9 Å². The number of aromatic nitrogens is 1. The van der Waals surface area contributed by atoms with Gasteiger partial charge in [-0.15, -0.1) is 0 Å². The summed E-state index contributed by atoms with van der Waals surface area (Å²) in [6, 6.07) is 24.1. The molecule has 0 atom stereocenters. The average Bonchev–Trinajstić information content (AvgIpc) is 2.88. The summed E-state index contributed by atoms with van der Waals surface area (Å²) in [5, 5.41) is 2.63. The normalized spacial score (nSPS) is 12.2. The fourth-order valence-electron chi connectivity index (χ4n) is 4.00. The molecule has 0 saturated heterocycles. The van der Waals surface area contributed by atoms with Gasteiger partial charge in [0.2, 0.25) is 0 Å². The van der Waals surface area contributed by atoms with Crippen LogP contribution in [0.2, 0.25) is 0 Å². The fraction of sp³-hybridized carbons (Fsp3) is 0.217. The Balaban J connectivity index is 2.21. The Morgan fingerprint density at radius 1 is 0.667 bits per heavy atom. The zero-order valence-electron chi connectivity index (χ0n) is 14.8. The molecule has 4 aromatic rings. The number of aryl methyl sites for hydroxylation is 1. The topological polar surface area (TPSA) is 4.93 Å². The second-order valence-corrected chi connectivity index (χ2v) is 7.59. The SMILES string of the molecule is Cc1cccc(-n2c3ccccc3c3ccccc32)c1C(C)(C)C. The molecule has 0 radical (unpaired) electrons. The molecule has 0 bridgehead atoms. The van der Waals surface area contributed by atoms with E-state index in [1.54, 1.807) is 0 Å². The fourth-order valence-corrected chi connectivity index (χ4v) is 4.00. The number of para-hydroxylation sites is 2. The molecule has 0 saturated carbocycles. The van der Waals surface area contributed by atoms with Gasteiger partial charge in [0.1, 0.15) is 0 Å². The van der Waals surface area contributed by atoms with Gasteiger partial charge in [0, 0.05) is 10.8 Å². The van der Waals surface area contributed by atoms with Crippen LogP contribution in [0.5, 0.6) is 0 Å². The maximum atomic E-state index is 2.43. The van der Waals surface area contributed by atoms with Crippen LogP contribution in [-0.4, -0.2) is 4.57 Å². The van der Waals surface area contributed by atoms with Crippen molar-refractivity contribution >= 4 is 21.8 Å². The third-order valence-electron chi connectivity index (χ3n) is 4.82. The van der Waals surface area contributed by atoms with E-state index in [1.807, 2.05) is 0 Å². The summed E-state index contributed by atoms with van der Waals surface area (Å²) >= 11 is 0. The molecule has 0 aliphatic rings. The minimum Gasteiger partial charge on any atom is -0.309 e. The lowest BCUT2D eigenvalue weighted by atomic mass is 9.82. The molecule has 4 rings (SSSR count). The molecule has 0 fully saturated rings. The van der Waals surface area contributed by atoms with Gasteiger partial charge >= 0.3 is 0 Å². The minimum atomic E-state index is 0.0904. The zero-order chi connectivity index (χ0) is 16.9. The van der Waals surface area contributed by atoms with Crippen LogP contribution in [0.15, 0.2) is 66.7 Å². The Hall–Kier alpha value is -2.54. The summed E-state index contributed by atoms with van der Waals surface area (Å²) in [6.45, 7) is 9.12. The van der Waals surface area contributed by atoms with Crippen molar-refractivity contribution in [3.05, 3.63) is 77.9 Å². The number of nitrogens with zero attached hydrogens (tertiary/aromatic N) is 1. The number of hydrogen-bond donors (Lipinski definition) is 0. The van der Waals surface area contributed by atoms with Crippen LogP contribution in [-0.2, 0) is 5.41 Å². The molecule has 0 aliphatic heterocycles. The number of rotatable bonds is 1. The second kappa shape index (κ2) is 5.24. The summed E-state index contributed by atoms with van der Waals surface area (Å²) < 4.78 is 2.43. The molecule has 3 aromatic carbocycles. The van der Waals surface area contributed by atoms with Crippen molar-refractivity contribution in [2.45, 2.75) is 33.1 Å². The lowest BCUT2D eigenvalue weighted by Gasteiger charge is -2.26. The monoisotopic (exact) mass is 313 g/mol. The Morgan fingerprint density at radius 2 is 1.21 bits per heavy atom. The van der Waals surface area contributed by atoms with E-state index in [0.717, 1.165) is 0 Å². The Bertz CT molecular complexity index is 991. The van der Waals surface area contributed by atoms with Crippen molar-refractivity contribution in [3.63, 3.8) is 0 Å². The van der Waals surface area contributed by atoms with Crippen molar-refractivity contribution in [2.24, 2.45) is 0 Å². The van der Waals surface area contributed by atoms with Crippen LogP contribution in [0.25, 0.3) is 27.5 Å². The maximum absolute atomic E-state index is 2.43. The lowest BCUT2D eigenvalue weighted by molar-refractivity contribution is 0.583. The van der Waals surface area contributed by atoms with Gasteiger partial charge in [-0.25, -0.2) is 0 Å². The largest absolute Gasteiger partial charge is 0.309 e. The average molecular weight is 313 g/mol. The van der Waals surface area contributed by atoms with E-state index < -0.39 is 0 Å². The summed E-state index contributed by atoms with van der Waals surface area (Å²) in [5.74, 6) is 0. The van der Waals surface area contributed by atoms with Gasteiger partial charge in [0.25, 0.3) is 0 Å². The van der Waals surface area contributed by atoms with Gasteiger partial charge < -0.3 is 4.57 Å². The first-order chi connectivity index (χ1) is 11.5. The van der Waals surface area contributed by atoms with Crippen LogP contribution >= 0.6 is 0 Å². The van der Waals surface area contributed by atoms with Crippen molar-refractivity contribution in [1.82, 2.24) is 4.57 Å². The van der Waals surface area contributed by atoms with E-state index in [2.05, 4.69) is 99.0 Å². The van der Waals surface area contributed by atoms with Crippen molar-refractivity contribution in [2.75, 3.05) is 0 Å². The van der Waals surface area contributed by atoms with Crippen molar-refractivity contribution < 1.29 is 0 Å². The summed E-state index contributed by atoms with van der Waals surface area (Å²) in [6.07, 6.45) is 0. The molecule has 1 nitrogen and oxygen atoms in total. The maximum Gasteiger partial charge on any atom is 0.0541 e. The highest BCUT2D eigenvalue weighted by Crippen LogP contribution is 2.37. The quantitative estimate of drug-likeness (QED) is 0.384. The third-order valence-corrected chi connectivity index (χ3v) is 4.82. The molecule has 0 spiro atoms. The van der Waals surface area contributed by atoms with E-state index >= 15 is 0 Å². The van der Waals surface area contributed by atoms with E-state index in [1.165, 1.54) is 38.6 Å². The van der Waals surface area contributed by atoms with Gasteiger partial charge in [0.15, 0.2) is 0 Å². The zero-order valence-corrected chi connectivity index (χ0v) is 14.8. The van der Waals surface area contributed by atoms with Gasteiger partial charge in [-0.3, -0.25) is 0 Å². The van der Waals surface area contributed by atoms with Gasteiger partial charge in [0.05, 0.1) is 16.7 Å². The van der Waals surface area contributed by atoms with E-state index in [-0.39, 0.29) is 5.41 Å². The lowest BCUT2D eigenvalue weighted by Crippen LogP contribution is -2.17. The van der Waals surface area contributed by atoms with E-state index in [4.69, 9.17) is 0 Å². The Labute approximate surface area is 143 Å². The van der Waals surface area contributed by atoms with Crippen LogP contribution in [0, 0.1) is 6.92 Å². The summed E-state index contributed by atoms with van der Waals surface area (Å²) in [5.41, 5.74) is 6.69. The summed E-state index contributed by atoms with van der Waals surface area (Å²) in [4.78, 5) is 0. The van der Waals surface area contributed by atoms with Crippen LogP contribution < -0.4 is 0 Å². The first-order valence-electron chi connectivity index (χ1n) is 8.57. The first kappa shape index (κ1) is 15.0. The number of hydrogen-bond acceptors (Lipinski definition) is 0. The van der Waals surface area contributed by atoms with Crippen molar-refractivity contribution in [1.29, 1.82) is 0 Å². The smallest absolute Gasteiger partial charge is 0.0541 e. The van der Waals surface area contributed by atoms with Gasteiger partial charge in [-0.05, 0) is 41.7 Å². The van der Waals surface area contributed by atoms with Gasteiger partial charge in [-0.1, -0.05) is 69.3 Å². The Kier molecular flexibility index (Phi) is 3.28. The minimum absolute atomic E-state index is 0.0904. The third kappa shape index (κ3) is 2.16. The molecule has 1 heterocycles. The second-order valence-electron chi connectivity index (χ2n) is 7.59. The van der Waals surface area contributed by atoms with Crippen LogP contribution in [0.3, 0.4) is 0 Å². The standard InChI is InChI=1S/C23H23N/c1-16-10-9-15-21(22(16)23(2,3)4)24-19-13-7-5-11-17(19)18-12-6-8-14-20(18)24/h5-15H,1-4H3. The number of fused-ring (bicyclic) bond motifs is 3. The van der Waals surface area contributed by atoms with E-state index in [0.29, 0.717) is 0 Å². The predicted octanol–water partition coefficient (Wildman–Crippen LogP) is 6.39. The predicted molar refractivity (Wildman–Crippen MR) is 104 cm³/mol. The summed E-state index contributed by atoms with van der Waals surface area (Å²) in [7, 11) is 0. The van der Waals surface area contributed by atoms with Crippen LogP contribution in [0.4, 0.5) is 0 Å². The first-order valence-corrected chi connectivity index (χ1v) is 8.57. The van der Waals surface area contributed by atoms with Crippen molar-refractivity contribution in [3.8, 4) is 5.69 Å². The molecule has 1 heteroatoms. The van der Waals surface area contributed by atoms with E-state index in [9.17, 15) is 0 Å². The molecule has 0 aliphatic carbocycles. The molecule has 0 unspecified atom stereocenters. The number of benzene rings is 3. The Morgan fingerprint density at radius 3 is 1.75 bits per heavy atom. The molecule has 120 valence electrons. The van der Waals surface area contributed by atoms with Gasteiger partial charge in [-0.2, -0.15) is 0 Å². The molecule has 0 amide bonds. The molecular formula is C23H23N. The molecule has 1 aromatic heterocycles. The molecular weight excluding hydrogens is 290 g/mol. The highest BCUT2D eigenvalue weighted by Gasteiger charge is 2.23.